The third-order valence-corrected chi connectivity index (χ3v) is 4.57. The normalized spacial score (nSPS) is 10.5. The molecule has 0 amide bonds. The van der Waals surface area contributed by atoms with Crippen molar-refractivity contribution in [3.05, 3.63) is 114 Å². The minimum absolute atomic E-state index is 0.689. The highest BCUT2D eigenvalue weighted by atomic mass is 16.5. The van der Waals surface area contributed by atoms with E-state index in [1.165, 1.54) is 16.7 Å². The molecule has 4 aromatic rings. The summed E-state index contributed by atoms with van der Waals surface area (Å²) in [7, 11) is 0. The fraction of sp³-hybridized carbons (Fsp3) is 0.0769. The minimum Gasteiger partial charge on any atom is -0.457 e. The van der Waals surface area contributed by atoms with E-state index in [0.29, 0.717) is 5.69 Å². The largest absolute Gasteiger partial charge is 0.457 e. The van der Waals surface area contributed by atoms with Gasteiger partial charge in [-0.3, -0.25) is 0 Å². The molecule has 0 bridgehead atoms. The van der Waals surface area contributed by atoms with Crippen molar-refractivity contribution in [1.82, 2.24) is 0 Å². The Kier molecular flexibility index (Phi) is 5.48. The van der Waals surface area contributed by atoms with E-state index in [0.717, 1.165) is 29.4 Å². The number of aryl methyl sites for hydroxylation is 1. The van der Waals surface area contributed by atoms with E-state index in [9.17, 15) is 0 Å². The Morgan fingerprint density at radius 2 is 1.10 bits per heavy atom. The van der Waals surface area contributed by atoms with E-state index >= 15 is 0 Å². The summed E-state index contributed by atoms with van der Waals surface area (Å²) in [5, 5.41) is 0. The van der Waals surface area contributed by atoms with Gasteiger partial charge in [-0.25, -0.2) is 0 Å². The number of ether oxygens (including phenoxy) is 2. The molecule has 4 aromatic carbocycles. The van der Waals surface area contributed by atoms with Crippen molar-refractivity contribution in [2.45, 2.75) is 13.3 Å². The number of benzene rings is 4. The molecule has 0 unspecified atom stereocenters. The Morgan fingerprint density at radius 1 is 0.586 bits per heavy atom. The van der Waals surface area contributed by atoms with E-state index < -0.39 is 0 Å². The van der Waals surface area contributed by atoms with Gasteiger partial charge in [0.05, 0.1) is 0 Å². The number of nitrogen functional groups attached to an aromatic ring is 1. The second-order valence-corrected chi connectivity index (χ2v) is 7.06. The van der Waals surface area contributed by atoms with Gasteiger partial charge >= 0.3 is 0 Å². The Labute approximate surface area is 171 Å². The molecule has 0 aliphatic carbocycles. The van der Waals surface area contributed by atoms with Crippen molar-refractivity contribution in [2.24, 2.45) is 0 Å². The number of hydrogen-bond acceptors (Lipinski definition) is 3. The van der Waals surface area contributed by atoms with Crippen molar-refractivity contribution in [1.29, 1.82) is 0 Å². The number of nitrogens with two attached hydrogens (primary N) is 1. The predicted molar refractivity (Wildman–Crippen MR) is 118 cm³/mol. The highest BCUT2D eigenvalue weighted by molar-refractivity contribution is 5.45. The third-order valence-electron chi connectivity index (χ3n) is 4.57. The van der Waals surface area contributed by atoms with E-state index in [2.05, 4.69) is 37.3 Å². The lowest BCUT2D eigenvalue weighted by Crippen LogP contribution is -1.91. The first kappa shape index (κ1) is 18.6. The topological polar surface area (TPSA) is 44.5 Å². The second-order valence-electron chi connectivity index (χ2n) is 7.06. The quantitative estimate of drug-likeness (QED) is 0.376. The molecule has 2 N–H and O–H groups in total. The van der Waals surface area contributed by atoms with Gasteiger partial charge in [-0.05, 0) is 78.6 Å². The van der Waals surface area contributed by atoms with Crippen LogP contribution in [0.15, 0.2) is 97.1 Å². The van der Waals surface area contributed by atoms with E-state index in [1.807, 2.05) is 66.7 Å². The zero-order chi connectivity index (χ0) is 20.1. The van der Waals surface area contributed by atoms with Crippen LogP contribution in [0.5, 0.6) is 23.0 Å². The van der Waals surface area contributed by atoms with Crippen LogP contribution in [-0.4, -0.2) is 0 Å². The van der Waals surface area contributed by atoms with Gasteiger partial charge in [0.1, 0.15) is 23.0 Å². The SMILES string of the molecule is Cc1cccc(Oc2ccc(Cc3ccc(Oc4cccc(N)c4)cc3)cc2)c1. The summed E-state index contributed by atoms with van der Waals surface area (Å²) in [5.74, 6) is 3.22. The number of anilines is 1. The van der Waals surface area contributed by atoms with Gasteiger partial charge in [0.2, 0.25) is 0 Å². The van der Waals surface area contributed by atoms with Crippen LogP contribution in [0, 0.1) is 6.92 Å². The fourth-order valence-corrected chi connectivity index (χ4v) is 3.12. The molecular weight excluding hydrogens is 358 g/mol. The maximum atomic E-state index is 5.92. The summed E-state index contributed by atoms with van der Waals surface area (Å²) in [5.41, 5.74) is 10.1. The summed E-state index contributed by atoms with van der Waals surface area (Å²) < 4.78 is 11.8. The monoisotopic (exact) mass is 381 g/mol. The standard InChI is InChI=1S/C26H23NO2/c1-19-4-2-6-25(16-19)28-23-12-8-20(9-13-23)17-21-10-14-24(15-11-21)29-26-7-3-5-22(27)18-26/h2-16,18H,17,27H2,1H3. The Hall–Kier alpha value is -3.72. The smallest absolute Gasteiger partial charge is 0.129 e. The molecule has 0 heterocycles. The lowest BCUT2D eigenvalue weighted by molar-refractivity contribution is 0.482. The van der Waals surface area contributed by atoms with Crippen LogP contribution in [0.3, 0.4) is 0 Å². The van der Waals surface area contributed by atoms with Crippen molar-refractivity contribution in [3.8, 4) is 23.0 Å². The first-order valence-electron chi connectivity index (χ1n) is 9.60. The van der Waals surface area contributed by atoms with Gasteiger partial charge in [-0.2, -0.15) is 0 Å². The molecule has 0 radical (unpaired) electrons. The molecule has 0 spiro atoms. The summed E-state index contributed by atoms with van der Waals surface area (Å²) in [6, 6.07) is 31.8. The van der Waals surface area contributed by atoms with Gasteiger partial charge in [-0.1, -0.05) is 42.5 Å². The predicted octanol–water partition coefficient (Wildman–Crippen LogP) is 6.75. The van der Waals surface area contributed by atoms with Crippen LogP contribution >= 0.6 is 0 Å². The molecule has 0 aliphatic rings. The van der Waals surface area contributed by atoms with E-state index in [4.69, 9.17) is 15.2 Å². The Balaban J connectivity index is 1.37. The van der Waals surface area contributed by atoms with Gasteiger partial charge in [0.15, 0.2) is 0 Å². The van der Waals surface area contributed by atoms with Gasteiger partial charge < -0.3 is 15.2 Å². The van der Waals surface area contributed by atoms with Gasteiger partial charge in [-0.15, -0.1) is 0 Å². The molecular formula is C26H23NO2. The maximum Gasteiger partial charge on any atom is 0.129 e. The van der Waals surface area contributed by atoms with E-state index in [-0.39, 0.29) is 0 Å². The molecule has 0 fully saturated rings. The molecule has 0 saturated carbocycles. The average Bonchev–Trinajstić information content (AvgIpc) is 2.71. The lowest BCUT2D eigenvalue weighted by atomic mass is 10.0. The molecule has 144 valence electrons. The molecule has 29 heavy (non-hydrogen) atoms. The summed E-state index contributed by atoms with van der Waals surface area (Å²) >= 11 is 0. The molecule has 0 aromatic heterocycles. The molecule has 0 saturated heterocycles. The van der Waals surface area contributed by atoms with Crippen LogP contribution in [-0.2, 0) is 6.42 Å². The van der Waals surface area contributed by atoms with Gasteiger partial charge in [0, 0.05) is 11.8 Å². The summed E-state index contributed by atoms with van der Waals surface area (Å²) in [4.78, 5) is 0. The minimum atomic E-state index is 0.689. The second kappa shape index (κ2) is 8.53. The third kappa shape index (κ3) is 5.17. The first-order valence-corrected chi connectivity index (χ1v) is 9.60. The highest BCUT2D eigenvalue weighted by Gasteiger charge is 2.02. The molecule has 4 rings (SSSR count). The zero-order valence-electron chi connectivity index (χ0n) is 16.3. The number of rotatable bonds is 6. The Bertz CT molecular complexity index is 997. The molecule has 0 atom stereocenters. The van der Waals surface area contributed by atoms with Crippen LogP contribution in [0.25, 0.3) is 0 Å². The van der Waals surface area contributed by atoms with Crippen LogP contribution in [0.2, 0.25) is 0 Å². The summed E-state index contributed by atoms with van der Waals surface area (Å²) in [6.45, 7) is 2.06. The van der Waals surface area contributed by atoms with Crippen molar-refractivity contribution in [3.63, 3.8) is 0 Å². The Morgan fingerprint density at radius 3 is 1.62 bits per heavy atom. The van der Waals surface area contributed by atoms with E-state index in [1.54, 1.807) is 0 Å². The maximum absolute atomic E-state index is 5.92. The lowest BCUT2D eigenvalue weighted by Gasteiger charge is -2.09. The van der Waals surface area contributed by atoms with Gasteiger partial charge in [0.25, 0.3) is 0 Å². The van der Waals surface area contributed by atoms with Crippen LogP contribution in [0.4, 0.5) is 5.69 Å². The fourth-order valence-electron chi connectivity index (χ4n) is 3.12. The average molecular weight is 381 g/mol. The zero-order valence-corrected chi connectivity index (χ0v) is 16.3. The molecule has 3 nitrogen and oxygen atoms in total. The first-order chi connectivity index (χ1) is 14.1. The summed E-state index contributed by atoms with van der Waals surface area (Å²) in [6.07, 6.45) is 0.850. The van der Waals surface area contributed by atoms with Crippen LogP contribution < -0.4 is 15.2 Å². The highest BCUT2D eigenvalue weighted by Crippen LogP contribution is 2.25. The van der Waals surface area contributed by atoms with Crippen molar-refractivity contribution >= 4 is 5.69 Å². The molecule has 3 heteroatoms. The molecule has 0 aliphatic heterocycles. The number of hydrogen-bond donors (Lipinski definition) is 1. The van der Waals surface area contributed by atoms with Crippen molar-refractivity contribution in [2.75, 3.05) is 5.73 Å². The van der Waals surface area contributed by atoms with Crippen LogP contribution in [0.1, 0.15) is 16.7 Å². The van der Waals surface area contributed by atoms with Crippen molar-refractivity contribution < 1.29 is 9.47 Å².